The Morgan fingerprint density at radius 1 is 1.70 bits per heavy atom. The molecular formula is C7H13NOS. The highest BCUT2D eigenvalue weighted by molar-refractivity contribution is 7.79. The highest BCUT2D eigenvalue weighted by Crippen LogP contribution is 2.09. The molecule has 1 unspecified atom stereocenters. The number of rotatable bonds is 2. The van der Waals surface area contributed by atoms with E-state index in [1.54, 1.807) is 5.37 Å². The van der Waals surface area contributed by atoms with Gasteiger partial charge < -0.3 is 4.74 Å². The number of thiocarbonyl (C=S) groups is 1. The molecule has 0 aliphatic carbocycles. The molecule has 1 aliphatic rings. The van der Waals surface area contributed by atoms with Gasteiger partial charge in [-0.25, -0.2) is 0 Å². The van der Waals surface area contributed by atoms with Crippen LogP contribution in [-0.2, 0) is 4.74 Å². The van der Waals surface area contributed by atoms with Gasteiger partial charge in [0.05, 0.1) is 6.61 Å². The average Bonchev–Trinajstić information content (AvgIpc) is 2.34. The zero-order valence-electron chi connectivity index (χ0n) is 6.33. The van der Waals surface area contributed by atoms with Gasteiger partial charge in [-0.3, -0.25) is 5.32 Å². The topological polar surface area (TPSA) is 21.3 Å². The Labute approximate surface area is 66.9 Å². The fourth-order valence-corrected chi connectivity index (χ4v) is 1.14. The standard InChI is InChI=1S/C7H13NOS/c1-5(2)6-3-9-7(4-10)8-6/h4-8H,3H2,1-2H3/t6-,7?/m1/s1. The normalized spacial score (nSPS) is 33.1. The minimum absolute atomic E-state index is 0.00222. The molecule has 1 heterocycles. The molecule has 1 fully saturated rings. The first-order valence-corrected chi connectivity index (χ1v) is 4.04. The molecule has 1 saturated heterocycles. The van der Waals surface area contributed by atoms with Crippen molar-refractivity contribution in [1.29, 1.82) is 0 Å². The van der Waals surface area contributed by atoms with Gasteiger partial charge in [-0.15, -0.1) is 0 Å². The first-order valence-electron chi connectivity index (χ1n) is 3.57. The summed E-state index contributed by atoms with van der Waals surface area (Å²) in [4.78, 5) is 0. The maximum absolute atomic E-state index is 5.31. The van der Waals surface area contributed by atoms with Crippen LogP contribution in [-0.4, -0.2) is 24.2 Å². The highest BCUT2D eigenvalue weighted by atomic mass is 32.1. The van der Waals surface area contributed by atoms with Crippen molar-refractivity contribution in [2.45, 2.75) is 26.1 Å². The van der Waals surface area contributed by atoms with E-state index in [1.807, 2.05) is 0 Å². The minimum Gasteiger partial charge on any atom is -0.357 e. The SMILES string of the molecule is CC(C)[C@H]1COC(C=S)N1. The number of nitrogens with one attached hydrogen (secondary N) is 1. The summed E-state index contributed by atoms with van der Waals surface area (Å²) in [6.07, 6.45) is 0.00222. The van der Waals surface area contributed by atoms with Crippen molar-refractivity contribution < 1.29 is 4.74 Å². The Kier molecular flexibility index (Phi) is 2.77. The van der Waals surface area contributed by atoms with Crippen LogP contribution in [0, 0.1) is 5.92 Å². The Balaban J connectivity index is 2.35. The van der Waals surface area contributed by atoms with E-state index in [4.69, 9.17) is 17.0 Å². The van der Waals surface area contributed by atoms with Crippen LogP contribution in [0.2, 0.25) is 0 Å². The predicted molar refractivity (Wildman–Crippen MR) is 45.2 cm³/mol. The van der Waals surface area contributed by atoms with E-state index in [0.29, 0.717) is 12.0 Å². The van der Waals surface area contributed by atoms with Gasteiger partial charge in [0.2, 0.25) is 0 Å². The van der Waals surface area contributed by atoms with Crippen LogP contribution in [0.15, 0.2) is 0 Å². The lowest BCUT2D eigenvalue weighted by Gasteiger charge is -2.12. The summed E-state index contributed by atoms with van der Waals surface area (Å²) in [6, 6.07) is 0.476. The zero-order valence-corrected chi connectivity index (χ0v) is 7.15. The van der Waals surface area contributed by atoms with Crippen molar-refractivity contribution in [3.05, 3.63) is 0 Å². The third-order valence-corrected chi connectivity index (χ3v) is 2.01. The van der Waals surface area contributed by atoms with Crippen molar-refractivity contribution in [2.24, 2.45) is 5.92 Å². The highest BCUT2D eigenvalue weighted by Gasteiger charge is 2.24. The van der Waals surface area contributed by atoms with Crippen LogP contribution in [0.3, 0.4) is 0 Å². The lowest BCUT2D eigenvalue weighted by Crippen LogP contribution is -2.34. The van der Waals surface area contributed by atoms with Gasteiger partial charge in [-0.1, -0.05) is 26.1 Å². The molecule has 0 aromatic rings. The van der Waals surface area contributed by atoms with Gasteiger partial charge in [0.15, 0.2) is 0 Å². The van der Waals surface area contributed by atoms with E-state index in [-0.39, 0.29) is 6.23 Å². The molecule has 0 aromatic carbocycles. The molecule has 3 heteroatoms. The van der Waals surface area contributed by atoms with Crippen molar-refractivity contribution >= 4 is 17.6 Å². The van der Waals surface area contributed by atoms with E-state index in [1.165, 1.54) is 0 Å². The maximum Gasteiger partial charge on any atom is 0.137 e. The summed E-state index contributed by atoms with van der Waals surface area (Å²) in [6.45, 7) is 5.13. The summed E-state index contributed by atoms with van der Waals surface area (Å²) in [5.74, 6) is 0.625. The van der Waals surface area contributed by atoms with Crippen LogP contribution >= 0.6 is 12.2 Å². The number of hydrogen-bond donors (Lipinski definition) is 1. The molecule has 0 aromatic heterocycles. The fourth-order valence-electron chi connectivity index (χ4n) is 0.978. The smallest absolute Gasteiger partial charge is 0.137 e. The monoisotopic (exact) mass is 159 g/mol. The van der Waals surface area contributed by atoms with Crippen LogP contribution in [0.1, 0.15) is 13.8 Å². The summed E-state index contributed by atoms with van der Waals surface area (Å²) < 4.78 is 5.31. The maximum atomic E-state index is 5.31. The van der Waals surface area contributed by atoms with Crippen LogP contribution in [0.25, 0.3) is 0 Å². The third-order valence-electron chi connectivity index (χ3n) is 1.76. The first kappa shape index (κ1) is 8.11. The van der Waals surface area contributed by atoms with Crippen molar-refractivity contribution in [3.63, 3.8) is 0 Å². The Morgan fingerprint density at radius 3 is 2.70 bits per heavy atom. The van der Waals surface area contributed by atoms with Crippen molar-refractivity contribution in [2.75, 3.05) is 6.61 Å². The van der Waals surface area contributed by atoms with E-state index >= 15 is 0 Å². The van der Waals surface area contributed by atoms with Crippen molar-refractivity contribution in [3.8, 4) is 0 Å². The molecule has 0 radical (unpaired) electrons. The molecular weight excluding hydrogens is 146 g/mol. The van der Waals surface area contributed by atoms with Crippen LogP contribution < -0.4 is 5.32 Å². The van der Waals surface area contributed by atoms with E-state index in [2.05, 4.69) is 19.2 Å². The first-order chi connectivity index (χ1) is 4.74. The average molecular weight is 159 g/mol. The predicted octanol–water partition coefficient (Wildman–Crippen LogP) is 0.957. The Hall–Kier alpha value is 0.01000. The van der Waals surface area contributed by atoms with Gasteiger partial charge in [-0.05, 0) is 5.92 Å². The Bertz CT molecular complexity index is 127. The fraction of sp³-hybridized carbons (Fsp3) is 0.857. The molecule has 0 saturated carbocycles. The van der Waals surface area contributed by atoms with Gasteiger partial charge in [0.1, 0.15) is 6.23 Å². The van der Waals surface area contributed by atoms with Gasteiger partial charge in [0.25, 0.3) is 0 Å². The summed E-state index contributed by atoms with van der Waals surface area (Å²) in [5, 5.41) is 4.89. The Morgan fingerprint density at radius 2 is 2.40 bits per heavy atom. The quantitative estimate of drug-likeness (QED) is 0.606. The number of ether oxygens (including phenoxy) is 1. The molecule has 2 atom stereocenters. The largest absolute Gasteiger partial charge is 0.357 e. The van der Waals surface area contributed by atoms with Crippen LogP contribution in [0.5, 0.6) is 0 Å². The van der Waals surface area contributed by atoms with Gasteiger partial charge >= 0.3 is 0 Å². The third kappa shape index (κ3) is 1.75. The zero-order chi connectivity index (χ0) is 7.56. The van der Waals surface area contributed by atoms with Crippen LogP contribution in [0.4, 0.5) is 0 Å². The lowest BCUT2D eigenvalue weighted by atomic mass is 10.1. The second kappa shape index (κ2) is 3.42. The lowest BCUT2D eigenvalue weighted by molar-refractivity contribution is 0.152. The molecule has 58 valence electrons. The minimum atomic E-state index is 0.00222. The van der Waals surface area contributed by atoms with Gasteiger partial charge in [0, 0.05) is 11.4 Å². The van der Waals surface area contributed by atoms with E-state index in [9.17, 15) is 0 Å². The number of hydrogen-bond acceptors (Lipinski definition) is 3. The van der Waals surface area contributed by atoms with Gasteiger partial charge in [-0.2, -0.15) is 0 Å². The second-order valence-electron chi connectivity index (χ2n) is 2.91. The molecule has 2 nitrogen and oxygen atoms in total. The summed E-state index contributed by atoms with van der Waals surface area (Å²) in [7, 11) is 0. The van der Waals surface area contributed by atoms with Crippen molar-refractivity contribution in [1.82, 2.24) is 5.32 Å². The van der Waals surface area contributed by atoms with E-state index in [0.717, 1.165) is 6.61 Å². The molecule has 0 bridgehead atoms. The second-order valence-corrected chi connectivity index (χ2v) is 3.18. The molecule has 10 heavy (non-hydrogen) atoms. The molecule has 1 N–H and O–H groups in total. The molecule has 0 spiro atoms. The summed E-state index contributed by atoms with van der Waals surface area (Å²) in [5.41, 5.74) is 0. The molecule has 1 aliphatic heterocycles. The van der Waals surface area contributed by atoms with E-state index < -0.39 is 0 Å². The summed E-state index contributed by atoms with van der Waals surface area (Å²) >= 11 is 4.74. The molecule has 1 rings (SSSR count). The molecule has 0 amide bonds.